The Kier molecular flexibility index (Phi) is 4.32. The van der Waals surface area contributed by atoms with Gasteiger partial charge in [-0.15, -0.1) is 0 Å². The standard InChI is InChI=1S/C17H25N3O2/c1-3-14-8-4-5-10-19(14)17(22)12(2)20-16(21)11-13-7-6-9-15(13)18-20/h11-12,14H,3-10H2,1-2H3. The zero-order chi connectivity index (χ0) is 15.7. The van der Waals surface area contributed by atoms with Gasteiger partial charge in [-0.3, -0.25) is 9.59 Å². The number of carbonyl (C=O) groups excluding carboxylic acids is 1. The van der Waals surface area contributed by atoms with Crippen LogP contribution in [-0.2, 0) is 17.6 Å². The van der Waals surface area contributed by atoms with Crippen molar-refractivity contribution in [3.8, 4) is 0 Å². The highest BCUT2D eigenvalue weighted by Crippen LogP contribution is 2.23. The van der Waals surface area contributed by atoms with Crippen LogP contribution in [-0.4, -0.2) is 33.2 Å². The first kappa shape index (κ1) is 15.3. The normalized spacial score (nSPS) is 22.5. The lowest BCUT2D eigenvalue weighted by Gasteiger charge is -2.36. The Morgan fingerprint density at radius 1 is 1.36 bits per heavy atom. The van der Waals surface area contributed by atoms with E-state index < -0.39 is 6.04 Å². The van der Waals surface area contributed by atoms with Crippen molar-refractivity contribution < 1.29 is 4.79 Å². The monoisotopic (exact) mass is 303 g/mol. The number of fused-ring (bicyclic) bond motifs is 1. The zero-order valence-electron chi connectivity index (χ0n) is 13.5. The third-order valence-electron chi connectivity index (χ3n) is 5.09. The molecule has 0 N–H and O–H groups in total. The minimum absolute atomic E-state index is 0.0408. The van der Waals surface area contributed by atoms with Gasteiger partial charge in [0.05, 0.1) is 5.69 Å². The third-order valence-corrected chi connectivity index (χ3v) is 5.09. The molecular formula is C17H25N3O2. The molecule has 1 aliphatic heterocycles. The molecule has 1 saturated heterocycles. The van der Waals surface area contributed by atoms with Crippen LogP contribution in [0.15, 0.2) is 10.9 Å². The Hall–Kier alpha value is -1.65. The fourth-order valence-corrected chi connectivity index (χ4v) is 3.75. The number of hydrogen-bond acceptors (Lipinski definition) is 3. The Morgan fingerprint density at radius 2 is 2.18 bits per heavy atom. The second-order valence-electron chi connectivity index (χ2n) is 6.52. The van der Waals surface area contributed by atoms with Gasteiger partial charge in [0.15, 0.2) is 0 Å². The number of aryl methyl sites for hydroxylation is 2. The second kappa shape index (κ2) is 6.23. The molecule has 1 fully saturated rings. The summed E-state index contributed by atoms with van der Waals surface area (Å²) in [5.74, 6) is 0.0408. The third kappa shape index (κ3) is 2.69. The van der Waals surface area contributed by atoms with Crippen molar-refractivity contribution in [2.75, 3.05) is 6.54 Å². The molecule has 0 bridgehead atoms. The average molecular weight is 303 g/mol. The molecule has 1 aromatic rings. The van der Waals surface area contributed by atoms with Crippen molar-refractivity contribution in [1.29, 1.82) is 0 Å². The van der Waals surface area contributed by atoms with Crippen LogP contribution in [0.2, 0.25) is 0 Å². The van der Waals surface area contributed by atoms with Crippen molar-refractivity contribution in [3.05, 3.63) is 27.7 Å². The number of hydrogen-bond donors (Lipinski definition) is 0. The molecule has 1 aromatic heterocycles. The molecule has 22 heavy (non-hydrogen) atoms. The second-order valence-corrected chi connectivity index (χ2v) is 6.52. The molecule has 5 nitrogen and oxygen atoms in total. The summed E-state index contributed by atoms with van der Waals surface area (Å²) >= 11 is 0. The number of amides is 1. The fraction of sp³-hybridized carbons (Fsp3) is 0.706. The Labute approximate surface area is 131 Å². The van der Waals surface area contributed by atoms with E-state index in [9.17, 15) is 9.59 Å². The van der Waals surface area contributed by atoms with Gasteiger partial charge < -0.3 is 4.90 Å². The van der Waals surface area contributed by atoms with Crippen molar-refractivity contribution >= 4 is 5.91 Å². The minimum atomic E-state index is -0.509. The van der Waals surface area contributed by atoms with Crippen LogP contribution in [0.1, 0.15) is 63.3 Å². The highest BCUT2D eigenvalue weighted by molar-refractivity contribution is 5.80. The van der Waals surface area contributed by atoms with Crippen LogP contribution in [0, 0.1) is 0 Å². The highest BCUT2D eigenvalue weighted by atomic mass is 16.2. The fourth-order valence-electron chi connectivity index (χ4n) is 3.75. The molecular weight excluding hydrogens is 278 g/mol. The van der Waals surface area contributed by atoms with Crippen LogP contribution in [0.5, 0.6) is 0 Å². The predicted octanol–water partition coefficient (Wildman–Crippen LogP) is 2.08. The van der Waals surface area contributed by atoms with E-state index in [1.807, 2.05) is 4.90 Å². The van der Waals surface area contributed by atoms with E-state index in [1.165, 1.54) is 11.1 Å². The molecule has 0 aromatic carbocycles. The molecule has 2 heterocycles. The SMILES string of the molecule is CCC1CCCCN1C(=O)C(C)n1nc2c(cc1=O)CCC2. The highest BCUT2D eigenvalue weighted by Gasteiger charge is 2.30. The number of rotatable bonds is 3. The largest absolute Gasteiger partial charge is 0.338 e. The Bertz CT molecular complexity index is 623. The predicted molar refractivity (Wildman–Crippen MR) is 84.9 cm³/mol. The maximum atomic E-state index is 12.8. The van der Waals surface area contributed by atoms with Gasteiger partial charge in [-0.2, -0.15) is 5.10 Å². The van der Waals surface area contributed by atoms with Gasteiger partial charge in [0.25, 0.3) is 5.56 Å². The van der Waals surface area contributed by atoms with Gasteiger partial charge in [0.2, 0.25) is 5.91 Å². The van der Waals surface area contributed by atoms with Crippen LogP contribution in [0.4, 0.5) is 0 Å². The first-order chi connectivity index (χ1) is 10.6. The minimum Gasteiger partial charge on any atom is -0.338 e. The first-order valence-electron chi connectivity index (χ1n) is 8.54. The molecule has 1 amide bonds. The number of nitrogens with zero attached hydrogens (tertiary/aromatic N) is 3. The summed E-state index contributed by atoms with van der Waals surface area (Å²) in [7, 11) is 0. The van der Waals surface area contributed by atoms with Gasteiger partial charge >= 0.3 is 0 Å². The molecule has 2 atom stereocenters. The molecule has 2 aliphatic rings. The van der Waals surface area contributed by atoms with Crippen LogP contribution < -0.4 is 5.56 Å². The van der Waals surface area contributed by atoms with E-state index in [-0.39, 0.29) is 11.5 Å². The summed E-state index contributed by atoms with van der Waals surface area (Å²) in [5, 5.41) is 4.48. The topological polar surface area (TPSA) is 55.2 Å². The van der Waals surface area contributed by atoms with E-state index in [2.05, 4.69) is 12.0 Å². The van der Waals surface area contributed by atoms with Gasteiger partial charge in [-0.05, 0) is 57.4 Å². The number of carbonyl (C=O) groups is 1. The maximum Gasteiger partial charge on any atom is 0.267 e. The molecule has 5 heteroatoms. The van der Waals surface area contributed by atoms with Crippen molar-refractivity contribution in [1.82, 2.24) is 14.7 Å². The molecule has 0 spiro atoms. The quantitative estimate of drug-likeness (QED) is 0.859. The summed E-state index contributed by atoms with van der Waals surface area (Å²) in [5.41, 5.74) is 1.90. The summed E-state index contributed by atoms with van der Waals surface area (Å²) in [6, 6.07) is 1.48. The number of piperidine rings is 1. The lowest BCUT2D eigenvalue weighted by molar-refractivity contribution is -0.138. The number of aromatic nitrogens is 2. The first-order valence-corrected chi connectivity index (χ1v) is 8.54. The van der Waals surface area contributed by atoms with Gasteiger partial charge in [-0.1, -0.05) is 6.92 Å². The molecule has 120 valence electrons. The summed E-state index contributed by atoms with van der Waals surface area (Å²) in [6.07, 6.45) is 7.20. The molecule has 0 saturated carbocycles. The summed E-state index contributed by atoms with van der Waals surface area (Å²) in [6.45, 7) is 4.74. The summed E-state index contributed by atoms with van der Waals surface area (Å²) < 4.78 is 1.40. The molecule has 1 aliphatic carbocycles. The molecule has 0 radical (unpaired) electrons. The number of likely N-dealkylation sites (tertiary alicyclic amines) is 1. The molecule has 2 unspecified atom stereocenters. The average Bonchev–Trinajstić information content (AvgIpc) is 2.99. The van der Waals surface area contributed by atoms with Crippen molar-refractivity contribution in [2.45, 2.75) is 70.9 Å². The van der Waals surface area contributed by atoms with E-state index in [1.54, 1.807) is 13.0 Å². The summed E-state index contributed by atoms with van der Waals surface area (Å²) in [4.78, 5) is 27.1. The maximum absolute atomic E-state index is 12.8. The Morgan fingerprint density at radius 3 is 2.95 bits per heavy atom. The van der Waals surface area contributed by atoms with Gasteiger partial charge in [-0.25, -0.2) is 4.68 Å². The van der Waals surface area contributed by atoms with Crippen molar-refractivity contribution in [3.63, 3.8) is 0 Å². The van der Waals surface area contributed by atoms with E-state index >= 15 is 0 Å². The van der Waals surface area contributed by atoms with Gasteiger partial charge in [0, 0.05) is 18.7 Å². The van der Waals surface area contributed by atoms with E-state index in [0.29, 0.717) is 6.04 Å². The lowest BCUT2D eigenvalue weighted by atomic mass is 9.99. The lowest BCUT2D eigenvalue weighted by Crippen LogP contribution is -2.47. The van der Waals surface area contributed by atoms with Crippen LogP contribution >= 0.6 is 0 Å². The van der Waals surface area contributed by atoms with Crippen molar-refractivity contribution in [2.24, 2.45) is 0 Å². The zero-order valence-corrected chi connectivity index (χ0v) is 13.5. The Balaban J connectivity index is 1.85. The van der Waals surface area contributed by atoms with Crippen LogP contribution in [0.3, 0.4) is 0 Å². The smallest absolute Gasteiger partial charge is 0.267 e. The van der Waals surface area contributed by atoms with E-state index in [0.717, 1.165) is 56.3 Å². The van der Waals surface area contributed by atoms with Gasteiger partial charge in [0.1, 0.15) is 6.04 Å². The van der Waals surface area contributed by atoms with E-state index in [4.69, 9.17) is 0 Å². The molecule has 3 rings (SSSR count). The van der Waals surface area contributed by atoms with Crippen LogP contribution in [0.25, 0.3) is 0 Å².